The number of carbonyl (C=O) groups excluding carboxylic acids is 2. The molecule has 2 aliphatic heterocycles. The van der Waals surface area contributed by atoms with E-state index in [-0.39, 0.29) is 5.91 Å². The molecule has 2 aliphatic rings. The second-order valence-corrected chi connectivity index (χ2v) is 3.78. The summed E-state index contributed by atoms with van der Waals surface area (Å²) >= 11 is 0. The van der Waals surface area contributed by atoms with Gasteiger partial charge in [0.25, 0.3) is 0 Å². The summed E-state index contributed by atoms with van der Waals surface area (Å²) in [5.41, 5.74) is 3.93. The van der Waals surface area contributed by atoms with E-state index in [1.165, 1.54) is 0 Å². The lowest BCUT2D eigenvalue weighted by Crippen LogP contribution is -2.24. The summed E-state index contributed by atoms with van der Waals surface area (Å²) in [6.45, 7) is 0.781. The van der Waals surface area contributed by atoms with Gasteiger partial charge in [0.15, 0.2) is 0 Å². The standard InChI is InChI=1S/C11H9NO2/c13-6-7-3-8-1-2-12-10(14)5-9(4-7)11(8)12/h3-4,6H,1-2,5H2. The minimum atomic E-state index is 0.168. The molecule has 0 saturated carbocycles. The van der Waals surface area contributed by atoms with E-state index in [4.69, 9.17) is 0 Å². The highest BCUT2D eigenvalue weighted by Crippen LogP contribution is 2.38. The Morgan fingerprint density at radius 3 is 2.86 bits per heavy atom. The zero-order chi connectivity index (χ0) is 9.71. The average molecular weight is 187 g/mol. The lowest BCUT2D eigenvalue weighted by molar-refractivity contribution is -0.117. The van der Waals surface area contributed by atoms with Crippen molar-refractivity contribution >= 4 is 17.9 Å². The largest absolute Gasteiger partial charge is 0.311 e. The van der Waals surface area contributed by atoms with Gasteiger partial charge >= 0.3 is 0 Å². The van der Waals surface area contributed by atoms with E-state index in [9.17, 15) is 9.59 Å². The van der Waals surface area contributed by atoms with Gasteiger partial charge in [0.1, 0.15) is 6.29 Å². The third-order valence-corrected chi connectivity index (χ3v) is 2.94. The van der Waals surface area contributed by atoms with Crippen LogP contribution in [0.3, 0.4) is 0 Å². The number of amides is 1. The number of hydrogen-bond acceptors (Lipinski definition) is 2. The van der Waals surface area contributed by atoms with E-state index in [0.717, 1.165) is 36.1 Å². The Balaban J connectivity index is 2.27. The van der Waals surface area contributed by atoms with E-state index >= 15 is 0 Å². The van der Waals surface area contributed by atoms with Gasteiger partial charge in [-0.2, -0.15) is 0 Å². The van der Waals surface area contributed by atoms with E-state index in [2.05, 4.69) is 0 Å². The predicted octanol–water partition coefficient (Wildman–Crippen LogP) is 0.944. The van der Waals surface area contributed by atoms with E-state index in [1.54, 1.807) is 0 Å². The van der Waals surface area contributed by atoms with Crippen LogP contribution < -0.4 is 4.90 Å². The summed E-state index contributed by atoms with van der Waals surface area (Å²) in [6, 6.07) is 3.72. The topological polar surface area (TPSA) is 37.4 Å². The quantitative estimate of drug-likeness (QED) is 0.614. The normalized spacial score (nSPS) is 17.4. The molecule has 3 nitrogen and oxygen atoms in total. The predicted molar refractivity (Wildman–Crippen MR) is 51.6 cm³/mol. The van der Waals surface area contributed by atoms with Crippen LogP contribution in [0.25, 0.3) is 0 Å². The lowest BCUT2D eigenvalue weighted by atomic mass is 10.0. The molecule has 0 aliphatic carbocycles. The molecule has 1 aromatic carbocycles. The minimum absolute atomic E-state index is 0.168. The molecule has 3 heteroatoms. The fourth-order valence-electron chi connectivity index (χ4n) is 2.38. The van der Waals surface area contributed by atoms with Crippen molar-refractivity contribution in [3.63, 3.8) is 0 Å². The summed E-state index contributed by atoms with van der Waals surface area (Å²) < 4.78 is 0. The van der Waals surface area contributed by atoms with Crippen molar-refractivity contribution in [2.75, 3.05) is 11.4 Å². The third-order valence-electron chi connectivity index (χ3n) is 2.94. The molecule has 0 atom stereocenters. The molecular formula is C11H9NO2. The molecule has 0 saturated heterocycles. The Morgan fingerprint density at radius 1 is 1.29 bits per heavy atom. The maximum Gasteiger partial charge on any atom is 0.231 e. The number of aldehydes is 1. The molecule has 1 amide bonds. The van der Waals surface area contributed by atoms with Crippen molar-refractivity contribution in [2.45, 2.75) is 12.8 Å². The maximum absolute atomic E-state index is 11.5. The summed E-state index contributed by atoms with van der Waals surface area (Å²) in [7, 11) is 0. The molecule has 0 N–H and O–H groups in total. The molecule has 0 spiro atoms. The molecule has 0 bridgehead atoms. The molecule has 14 heavy (non-hydrogen) atoms. The van der Waals surface area contributed by atoms with Gasteiger partial charge in [-0.15, -0.1) is 0 Å². The summed E-state index contributed by atoms with van der Waals surface area (Å²) in [5.74, 6) is 0.168. The molecule has 3 rings (SSSR count). The average Bonchev–Trinajstić information content (AvgIpc) is 2.73. The molecule has 0 radical (unpaired) electrons. The van der Waals surface area contributed by atoms with Crippen LogP contribution in [0.5, 0.6) is 0 Å². The van der Waals surface area contributed by atoms with E-state index < -0.39 is 0 Å². The van der Waals surface area contributed by atoms with Gasteiger partial charge in [-0.1, -0.05) is 0 Å². The van der Waals surface area contributed by atoms with Crippen LogP contribution in [-0.2, 0) is 17.6 Å². The number of nitrogens with zero attached hydrogens (tertiary/aromatic N) is 1. The smallest absolute Gasteiger partial charge is 0.231 e. The van der Waals surface area contributed by atoms with E-state index in [1.807, 2.05) is 17.0 Å². The monoisotopic (exact) mass is 187 g/mol. The Morgan fingerprint density at radius 2 is 2.07 bits per heavy atom. The summed E-state index contributed by atoms with van der Waals surface area (Å²) in [6.07, 6.45) is 2.20. The van der Waals surface area contributed by atoms with Gasteiger partial charge in [-0.05, 0) is 29.7 Å². The third kappa shape index (κ3) is 0.816. The van der Waals surface area contributed by atoms with E-state index in [0.29, 0.717) is 12.0 Å². The number of benzene rings is 1. The fraction of sp³-hybridized carbons (Fsp3) is 0.273. The molecule has 0 unspecified atom stereocenters. The maximum atomic E-state index is 11.5. The van der Waals surface area contributed by atoms with Crippen LogP contribution in [0.2, 0.25) is 0 Å². The highest BCUT2D eigenvalue weighted by molar-refractivity contribution is 6.04. The number of carbonyl (C=O) groups is 2. The molecule has 1 aromatic rings. The molecule has 2 heterocycles. The SMILES string of the molecule is O=Cc1cc2c3c(c1)CC(=O)N3CC2. The lowest BCUT2D eigenvalue weighted by Gasteiger charge is -2.08. The highest BCUT2D eigenvalue weighted by Gasteiger charge is 2.33. The first kappa shape index (κ1) is 7.74. The van der Waals surface area contributed by atoms with Crippen molar-refractivity contribution < 1.29 is 9.59 Å². The van der Waals surface area contributed by atoms with Crippen molar-refractivity contribution in [1.82, 2.24) is 0 Å². The number of anilines is 1. The Labute approximate surface area is 81.3 Å². The second-order valence-electron chi connectivity index (χ2n) is 3.78. The van der Waals surface area contributed by atoms with Crippen LogP contribution in [0.1, 0.15) is 21.5 Å². The van der Waals surface area contributed by atoms with Crippen molar-refractivity contribution in [1.29, 1.82) is 0 Å². The van der Waals surface area contributed by atoms with Crippen LogP contribution >= 0.6 is 0 Å². The van der Waals surface area contributed by atoms with Crippen LogP contribution in [0.15, 0.2) is 12.1 Å². The van der Waals surface area contributed by atoms with Crippen LogP contribution in [0.4, 0.5) is 5.69 Å². The van der Waals surface area contributed by atoms with Gasteiger partial charge < -0.3 is 4.90 Å². The zero-order valence-corrected chi connectivity index (χ0v) is 7.62. The first-order valence-corrected chi connectivity index (χ1v) is 4.71. The van der Waals surface area contributed by atoms with Crippen molar-refractivity contribution in [3.05, 3.63) is 28.8 Å². The van der Waals surface area contributed by atoms with Crippen molar-refractivity contribution in [2.24, 2.45) is 0 Å². The number of rotatable bonds is 1. The van der Waals surface area contributed by atoms with Gasteiger partial charge in [0, 0.05) is 12.1 Å². The van der Waals surface area contributed by atoms with Gasteiger partial charge in [0.05, 0.1) is 12.1 Å². The van der Waals surface area contributed by atoms with Crippen LogP contribution in [0, 0.1) is 0 Å². The van der Waals surface area contributed by atoms with Crippen molar-refractivity contribution in [3.8, 4) is 0 Å². The Bertz CT molecular complexity index is 451. The number of hydrogen-bond donors (Lipinski definition) is 0. The second kappa shape index (κ2) is 2.44. The minimum Gasteiger partial charge on any atom is -0.311 e. The van der Waals surface area contributed by atoms with Crippen LogP contribution in [-0.4, -0.2) is 18.7 Å². The zero-order valence-electron chi connectivity index (χ0n) is 7.62. The first-order valence-electron chi connectivity index (χ1n) is 4.71. The Hall–Kier alpha value is -1.64. The molecule has 70 valence electrons. The molecular weight excluding hydrogens is 178 g/mol. The summed E-state index contributed by atoms with van der Waals surface area (Å²) in [4.78, 5) is 24.0. The molecule has 0 fully saturated rings. The first-order chi connectivity index (χ1) is 6.79. The van der Waals surface area contributed by atoms with Gasteiger partial charge in [-0.3, -0.25) is 9.59 Å². The fourth-order valence-corrected chi connectivity index (χ4v) is 2.38. The van der Waals surface area contributed by atoms with Gasteiger partial charge in [0.2, 0.25) is 5.91 Å². The van der Waals surface area contributed by atoms with Gasteiger partial charge in [-0.25, -0.2) is 0 Å². The molecule has 0 aromatic heterocycles. The Kier molecular flexibility index (Phi) is 1.35. The summed E-state index contributed by atoms with van der Waals surface area (Å²) in [5, 5.41) is 0. The highest BCUT2D eigenvalue weighted by atomic mass is 16.2.